The van der Waals surface area contributed by atoms with Crippen LogP contribution in [0.2, 0.25) is 0 Å². The van der Waals surface area contributed by atoms with Crippen LogP contribution in [0.25, 0.3) is 0 Å². The molecule has 17 heavy (non-hydrogen) atoms. The Morgan fingerprint density at radius 3 is 2.53 bits per heavy atom. The number of piperidine rings is 1. The fourth-order valence-electron chi connectivity index (χ4n) is 2.81. The van der Waals surface area contributed by atoms with Crippen LogP contribution in [-0.2, 0) is 6.54 Å². The van der Waals surface area contributed by atoms with E-state index in [1.165, 1.54) is 0 Å². The van der Waals surface area contributed by atoms with Gasteiger partial charge in [0.05, 0.1) is 0 Å². The van der Waals surface area contributed by atoms with E-state index in [1.807, 2.05) is 18.3 Å². The summed E-state index contributed by atoms with van der Waals surface area (Å²) in [5, 5.41) is 0. The highest BCUT2D eigenvalue weighted by molar-refractivity contribution is 5.13. The molecule has 92 valence electrons. The summed E-state index contributed by atoms with van der Waals surface area (Å²) in [7, 11) is 0. The maximum Gasteiger partial charge on any atom is 0.254 e. The molecule has 1 aromatic rings. The minimum absolute atomic E-state index is 0.112. The highest BCUT2D eigenvalue weighted by atomic mass is 19.3. The Hall–Kier alpha value is -1.03. The molecule has 1 aromatic heterocycles. The number of halogens is 2. The molecular formula is C13H16F2N2. The molecule has 4 heteroatoms. The highest BCUT2D eigenvalue weighted by Crippen LogP contribution is 2.65. The van der Waals surface area contributed by atoms with Gasteiger partial charge in [-0.1, -0.05) is 6.07 Å². The van der Waals surface area contributed by atoms with E-state index >= 15 is 0 Å². The summed E-state index contributed by atoms with van der Waals surface area (Å²) in [5.41, 5.74) is 0.518. The van der Waals surface area contributed by atoms with Crippen molar-refractivity contribution in [3.8, 4) is 0 Å². The molecule has 1 saturated heterocycles. The standard InChI is InChI=1S/C13H16F2N2/c14-13(15)10-12(13)3-6-17(7-4-12)9-11-2-1-5-16-8-11/h1-2,5,8H,3-4,6-7,9-10H2. The molecule has 0 N–H and O–H groups in total. The van der Waals surface area contributed by atoms with Gasteiger partial charge in [0.1, 0.15) is 0 Å². The van der Waals surface area contributed by atoms with E-state index in [4.69, 9.17) is 0 Å². The van der Waals surface area contributed by atoms with Crippen molar-refractivity contribution in [3.63, 3.8) is 0 Å². The third-order valence-corrected chi connectivity index (χ3v) is 4.15. The van der Waals surface area contributed by atoms with Gasteiger partial charge >= 0.3 is 0 Å². The summed E-state index contributed by atoms with van der Waals surface area (Å²) in [6.45, 7) is 2.39. The van der Waals surface area contributed by atoms with Crippen molar-refractivity contribution in [2.75, 3.05) is 13.1 Å². The number of pyridine rings is 1. The molecule has 0 aromatic carbocycles. The number of likely N-dealkylation sites (tertiary alicyclic amines) is 1. The molecule has 2 nitrogen and oxygen atoms in total. The normalized spacial score (nSPS) is 26.0. The molecule has 2 heterocycles. The molecule has 3 rings (SSSR count). The Labute approximate surface area is 99.6 Å². The summed E-state index contributed by atoms with van der Waals surface area (Å²) >= 11 is 0. The van der Waals surface area contributed by atoms with Crippen LogP contribution in [0.3, 0.4) is 0 Å². The Kier molecular flexibility index (Phi) is 2.43. The van der Waals surface area contributed by atoms with Crippen LogP contribution < -0.4 is 0 Å². The Bertz CT molecular complexity index is 397. The Balaban J connectivity index is 1.56. The first-order valence-electron chi connectivity index (χ1n) is 6.10. The molecule has 2 fully saturated rings. The quantitative estimate of drug-likeness (QED) is 0.787. The zero-order chi connectivity index (χ0) is 11.9. The lowest BCUT2D eigenvalue weighted by molar-refractivity contribution is 0.0300. The molecule has 0 atom stereocenters. The van der Waals surface area contributed by atoms with E-state index in [-0.39, 0.29) is 6.42 Å². The SMILES string of the molecule is FC1(F)CC12CCN(Cc1cccnc1)CC2. The number of rotatable bonds is 2. The van der Waals surface area contributed by atoms with Crippen molar-refractivity contribution >= 4 is 0 Å². The van der Waals surface area contributed by atoms with Gasteiger partial charge in [-0.05, 0) is 37.6 Å². The number of hydrogen-bond acceptors (Lipinski definition) is 2. The van der Waals surface area contributed by atoms with Gasteiger partial charge in [0.15, 0.2) is 0 Å². The lowest BCUT2D eigenvalue weighted by Gasteiger charge is -2.32. The summed E-state index contributed by atoms with van der Waals surface area (Å²) in [6.07, 6.45) is 4.98. The van der Waals surface area contributed by atoms with Crippen LogP contribution >= 0.6 is 0 Å². The summed E-state index contributed by atoms with van der Waals surface area (Å²) in [5.74, 6) is -2.38. The van der Waals surface area contributed by atoms with E-state index in [0.717, 1.165) is 25.2 Å². The van der Waals surface area contributed by atoms with Crippen LogP contribution in [0, 0.1) is 5.41 Å². The molecular weight excluding hydrogens is 222 g/mol. The molecule has 0 bridgehead atoms. The van der Waals surface area contributed by atoms with Crippen molar-refractivity contribution in [2.24, 2.45) is 5.41 Å². The van der Waals surface area contributed by atoms with Gasteiger partial charge in [-0.2, -0.15) is 0 Å². The van der Waals surface area contributed by atoms with Gasteiger partial charge in [0, 0.05) is 30.8 Å². The topological polar surface area (TPSA) is 16.1 Å². The second-order valence-electron chi connectivity index (χ2n) is 5.30. The minimum atomic E-state index is -2.38. The van der Waals surface area contributed by atoms with Crippen LogP contribution in [0.4, 0.5) is 8.78 Å². The molecule has 2 aliphatic rings. The van der Waals surface area contributed by atoms with E-state index in [9.17, 15) is 8.78 Å². The predicted octanol–water partition coefficient (Wildman–Crippen LogP) is 2.70. The Morgan fingerprint density at radius 1 is 1.29 bits per heavy atom. The van der Waals surface area contributed by atoms with Crippen LogP contribution in [0.15, 0.2) is 24.5 Å². The molecule has 1 saturated carbocycles. The number of nitrogens with zero attached hydrogens (tertiary/aromatic N) is 2. The van der Waals surface area contributed by atoms with Gasteiger partial charge in [-0.3, -0.25) is 9.88 Å². The summed E-state index contributed by atoms with van der Waals surface area (Å²) < 4.78 is 26.4. The average Bonchev–Trinajstić information content (AvgIpc) is 2.85. The first kappa shape index (κ1) is 11.1. The fraction of sp³-hybridized carbons (Fsp3) is 0.615. The first-order valence-corrected chi connectivity index (χ1v) is 6.10. The maximum absolute atomic E-state index is 13.2. The molecule has 1 aliphatic heterocycles. The van der Waals surface area contributed by atoms with E-state index in [0.29, 0.717) is 12.8 Å². The summed E-state index contributed by atoms with van der Waals surface area (Å²) in [6, 6.07) is 3.94. The lowest BCUT2D eigenvalue weighted by atomic mass is 9.92. The largest absolute Gasteiger partial charge is 0.299 e. The third kappa shape index (κ3) is 1.95. The number of alkyl halides is 2. The third-order valence-electron chi connectivity index (χ3n) is 4.15. The second kappa shape index (κ2) is 3.73. The highest BCUT2D eigenvalue weighted by Gasteiger charge is 2.70. The Morgan fingerprint density at radius 2 is 2.00 bits per heavy atom. The van der Waals surface area contributed by atoms with Crippen molar-refractivity contribution in [1.82, 2.24) is 9.88 Å². The molecule has 0 amide bonds. The molecule has 1 aliphatic carbocycles. The maximum atomic E-state index is 13.2. The van der Waals surface area contributed by atoms with E-state index in [2.05, 4.69) is 9.88 Å². The van der Waals surface area contributed by atoms with Crippen LogP contribution in [-0.4, -0.2) is 28.9 Å². The van der Waals surface area contributed by atoms with Crippen molar-refractivity contribution in [2.45, 2.75) is 31.7 Å². The van der Waals surface area contributed by atoms with Gasteiger partial charge in [0.25, 0.3) is 5.92 Å². The molecule has 0 radical (unpaired) electrons. The second-order valence-corrected chi connectivity index (χ2v) is 5.30. The number of aromatic nitrogens is 1. The van der Waals surface area contributed by atoms with E-state index in [1.54, 1.807) is 6.20 Å². The van der Waals surface area contributed by atoms with Crippen LogP contribution in [0.1, 0.15) is 24.8 Å². The van der Waals surface area contributed by atoms with Gasteiger partial charge in [-0.25, -0.2) is 8.78 Å². The first-order chi connectivity index (χ1) is 8.11. The zero-order valence-electron chi connectivity index (χ0n) is 9.70. The van der Waals surface area contributed by atoms with E-state index < -0.39 is 11.3 Å². The van der Waals surface area contributed by atoms with Crippen molar-refractivity contribution in [3.05, 3.63) is 30.1 Å². The monoisotopic (exact) mass is 238 g/mol. The van der Waals surface area contributed by atoms with Gasteiger partial charge in [-0.15, -0.1) is 0 Å². The summed E-state index contributed by atoms with van der Waals surface area (Å²) in [4.78, 5) is 6.31. The van der Waals surface area contributed by atoms with Gasteiger partial charge in [0.2, 0.25) is 0 Å². The van der Waals surface area contributed by atoms with Gasteiger partial charge < -0.3 is 0 Å². The smallest absolute Gasteiger partial charge is 0.254 e. The van der Waals surface area contributed by atoms with Crippen LogP contribution in [0.5, 0.6) is 0 Å². The van der Waals surface area contributed by atoms with Crippen molar-refractivity contribution < 1.29 is 8.78 Å². The lowest BCUT2D eigenvalue weighted by Crippen LogP contribution is -2.36. The zero-order valence-corrected chi connectivity index (χ0v) is 9.70. The molecule has 0 unspecified atom stereocenters. The van der Waals surface area contributed by atoms with Crippen molar-refractivity contribution in [1.29, 1.82) is 0 Å². The molecule has 1 spiro atoms. The minimum Gasteiger partial charge on any atom is -0.299 e. The number of hydrogen-bond donors (Lipinski definition) is 0. The average molecular weight is 238 g/mol. The fourth-order valence-corrected chi connectivity index (χ4v) is 2.81. The predicted molar refractivity (Wildman–Crippen MR) is 60.7 cm³/mol.